The van der Waals surface area contributed by atoms with E-state index in [4.69, 9.17) is 15.7 Å². The standard InChI is InChI=1S/C10H14N4O4/c1-2-3-4-18-10-8(9(11)13-15)5-7(6-12-10)14(16)17/h5-6,15H,2-4H2,1H3,(H2,11,13). The van der Waals surface area contributed by atoms with E-state index in [0.717, 1.165) is 25.1 Å². The summed E-state index contributed by atoms with van der Waals surface area (Å²) in [5, 5.41) is 22.0. The number of hydrogen-bond acceptors (Lipinski definition) is 6. The van der Waals surface area contributed by atoms with Gasteiger partial charge in [-0.05, 0) is 6.42 Å². The summed E-state index contributed by atoms with van der Waals surface area (Å²) >= 11 is 0. The predicted octanol–water partition coefficient (Wildman–Crippen LogP) is 1.26. The Morgan fingerprint density at radius 2 is 2.44 bits per heavy atom. The molecule has 0 aliphatic carbocycles. The molecule has 1 heterocycles. The molecule has 0 amide bonds. The van der Waals surface area contributed by atoms with Crippen LogP contribution >= 0.6 is 0 Å². The molecule has 0 aliphatic heterocycles. The van der Waals surface area contributed by atoms with Gasteiger partial charge in [-0.1, -0.05) is 18.5 Å². The van der Waals surface area contributed by atoms with Gasteiger partial charge in [0.15, 0.2) is 5.84 Å². The Balaban J connectivity index is 3.05. The summed E-state index contributed by atoms with van der Waals surface area (Å²) < 4.78 is 5.33. The van der Waals surface area contributed by atoms with Crippen molar-refractivity contribution >= 4 is 11.5 Å². The monoisotopic (exact) mass is 254 g/mol. The molecule has 0 radical (unpaired) electrons. The second-order valence-electron chi connectivity index (χ2n) is 3.49. The second-order valence-corrected chi connectivity index (χ2v) is 3.49. The quantitative estimate of drug-likeness (QED) is 0.197. The molecule has 98 valence electrons. The van der Waals surface area contributed by atoms with Crippen molar-refractivity contribution in [2.45, 2.75) is 19.8 Å². The number of nitrogens with two attached hydrogens (primary N) is 1. The van der Waals surface area contributed by atoms with E-state index in [2.05, 4.69) is 10.1 Å². The Bertz CT molecular complexity index is 461. The van der Waals surface area contributed by atoms with E-state index in [0.29, 0.717) is 6.61 Å². The summed E-state index contributed by atoms with van der Waals surface area (Å²) in [6, 6.07) is 1.16. The third kappa shape index (κ3) is 3.30. The van der Waals surface area contributed by atoms with Crippen LogP contribution in [-0.4, -0.2) is 27.6 Å². The number of rotatable bonds is 6. The summed E-state index contributed by atoms with van der Waals surface area (Å²) in [4.78, 5) is 13.8. The van der Waals surface area contributed by atoms with E-state index in [1.807, 2.05) is 6.92 Å². The lowest BCUT2D eigenvalue weighted by Gasteiger charge is -2.08. The molecule has 0 aliphatic rings. The molecule has 0 aromatic carbocycles. The molecule has 1 rings (SSSR count). The second kappa shape index (κ2) is 6.38. The van der Waals surface area contributed by atoms with Gasteiger partial charge in [-0.15, -0.1) is 0 Å². The van der Waals surface area contributed by atoms with Crippen molar-refractivity contribution in [3.05, 3.63) is 27.9 Å². The summed E-state index contributed by atoms with van der Waals surface area (Å²) in [5.41, 5.74) is 5.28. The first-order valence-corrected chi connectivity index (χ1v) is 5.35. The van der Waals surface area contributed by atoms with Gasteiger partial charge in [0.05, 0.1) is 17.1 Å². The molecular formula is C10H14N4O4. The van der Waals surface area contributed by atoms with Crippen LogP contribution in [0.25, 0.3) is 0 Å². The maximum absolute atomic E-state index is 10.6. The molecule has 8 nitrogen and oxygen atoms in total. The van der Waals surface area contributed by atoms with Crippen molar-refractivity contribution in [2.75, 3.05) is 6.61 Å². The van der Waals surface area contributed by atoms with Gasteiger partial charge in [0.1, 0.15) is 6.20 Å². The number of oxime groups is 1. The average Bonchev–Trinajstić information content (AvgIpc) is 2.38. The van der Waals surface area contributed by atoms with Gasteiger partial charge in [-0.25, -0.2) is 4.98 Å². The molecule has 0 unspecified atom stereocenters. The Morgan fingerprint density at radius 1 is 1.72 bits per heavy atom. The first-order valence-electron chi connectivity index (χ1n) is 5.35. The van der Waals surface area contributed by atoms with Crippen LogP contribution in [0, 0.1) is 10.1 Å². The van der Waals surface area contributed by atoms with Gasteiger partial charge in [-0.2, -0.15) is 0 Å². The zero-order valence-electron chi connectivity index (χ0n) is 9.87. The zero-order chi connectivity index (χ0) is 13.5. The molecule has 0 fully saturated rings. The third-order valence-electron chi connectivity index (χ3n) is 2.17. The average molecular weight is 254 g/mol. The molecule has 1 aromatic heterocycles. The number of amidine groups is 1. The summed E-state index contributed by atoms with van der Waals surface area (Å²) in [6.07, 6.45) is 2.82. The lowest BCUT2D eigenvalue weighted by Crippen LogP contribution is -2.16. The molecule has 1 aromatic rings. The summed E-state index contributed by atoms with van der Waals surface area (Å²) in [5.74, 6) is -0.165. The highest BCUT2D eigenvalue weighted by Crippen LogP contribution is 2.21. The molecule has 0 saturated heterocycles. The normalized spacial score (nSPS) is 11.3. The fourth-order valence-corrected chi connectivity index (χ4v) is 1.21. The number of pyridine rings is 1. The first-order chi connectivity index (χ1) is 8.60. The third-order valence-corrected chi connectivity index (χ3v) is 2.17. The van der Waals surface area contributed by atoms with Gasteiger partial charge in [0, 0.05) is 6.07 Å². The van der Waals surface area contributed by atoms with Crippen LogP contribution in [0.3, 0.4) is 0 Å². The van der Waals surface area contributed by atoms with E-state index in [9.17, 15) is 10.1 Å². The molecule has 0 bridgehead atoms. The van der Waals surface area contributed by atoms with Crippen LogP contribution in [-0.2, 0) is 0 Å². The molecule has 0 atom stereocenters. The number of aromatic nitrogens is 1. The van der Waals surface area contributed by atoms with E-state index < -0.39 is 4.92 Å². The molecule has 3 N–H and O–H groups in total. The summed E-state index contributed by atoms with van der Waals surface area (Å²) in [6.45, 7) is 2.41. The van der Waals surface area contributed by atoms with Crippen molar-refractivity contribution < 1.29 is 14.9 Å². The van der Waals surface area contributed by atoms with E-state index >= 15 is 0 Å². The fraction of sp³-hybridized carbons (Fsp3) is 0.400. The largest absolute Gasteiger partial charge is 0.477 e. The van der Waals surface area contributed by atoms with Crippen LogP contribution in [0.2, 0.25) is 0 Å². The van der Waals surface area contributed by atoms with Gasteiger partial charge in [0.25, 0.3) is 5.69 Å². The number of ether oxygens (including phenoxy) is 1. The predicted molar refractivity (Wildman–Crippen MR) is 63.8 cm³/mol. The van der Waals surface area contributed by atoms with Crippen LogP contribution in [0.15, 0.2) is 17.4 Å². The van der Waals surface area contributed by atoms with E-state index in [1.165, 1.54) is 0 Å². The van der Waals surface area contributed by atoms with Crippen molar-refractivity contribution in [1.29, 1.82) is 0 Å². The van der Waals surface area contributed by atoms with Crippen molar-refractivity contribution in [3.8, 4) is 5.88 Å². The van der Waals surface area contributed by atoms with E-state index in [1.54, 1.807) is 0 Å². The van der Waals surface area contributed by atoms with Crippen molar-refractivity contribution in [1.82, 2.24) is 4.98 Å². The molecule has 0 spiro atoms. The Hall–Kier alpha value is -2.38. The highest BCUT2D eigenvalue weighted by molar-refractivity contribution is 5.99. The number of nitrogens with zero attached hydrogens (tertiary/aromatic N) is 3. The van der Waals surface area contributed by atoms with Gasteiger partial charge in [0.2, 0.25) is 5.88 Å². The van der Waals surface area contributed by atoms with Gasteiger partial charge in [-0.3, -0.25) is 10.1 Å². The lowest BCUT2D eigenvalue weighted by molar-refractivity contribution is -0.385. The molecule has 18 heavy (non-hydrogen) atoms. The number of nitro groups is 1. The van der Waals surface area contributed by atoms with E-state index in [-0.39, 0.29) is 23.0 Å². The molecular weight excluding hydrogens is 240 g/mol. The maximum atomic E-state index is 10.6. The smallest absolute Gasteiger partial charge is 0.288 e. The minimum Gasteiger partial charge on any atom is -0.477 e. The minimum absolute atomic E-state index is 0.0998. The molecule has 8 heteroatoms. The number of hydrogen-bond donors (Lipinski definition) is 2. The van der Waals surface area contributed by atoms with Crippen molar-refractivity contribution in [3.63, 3.8) is 0 Å². The maximum Gasteiger partial charge on any atom is 0.288 e. The van der Waals surface area contributed by atoms with Crippen LogP contribution in [0.1, 0.15) is 25.3 Å². The number of unbranched alkanes of at least 4 members (excludes halogenated alkanes) is 1. The Labute approximate surface area is 103 Å². The Morgan fingerprint density at radius 3 is 3.00 bits per heavy atom. The Kier molecular flexibility index (Phi) is 4.85. The van der Waals surface area contributed by atoms with Crippen LogP contribution in [0.4, 0.5) is 5.69 Å². The summed E-state index contributed by atoms with van der Waals surface area (Å²) in [7, 11) is 0. The van der Waals surface area contributed by atoms with Crippen molar-refractivity contribution in [2.24, 2.45) is 10.9 Å². The minimum atomic E-state index is -0.614. The molecule has 0 saturated carbocycles. The lowest BCUT2D eigenvalue weighted by atomic mass is 10.2. The topological polar surface area (TPSA) is 124 Å². The highest BCUT2D eigenvalue weighted by Gasteiger charge is 2.16. The SMILES string of the molecule is CCCCOc1ncc([N+](=O)[O-])cc1C(N)=NO. The van der Waals surface area contributed by atoms with Gasteiger partial charge < -0.3 is 15.7 Å². The van der Waals surface area contributed by atoms with Crippen LogP contribution in [0.5, 0.6) is 5.88 Å². The van der Waals surface area contributed by atoms with Crippen LogP contribution < -0.4 is 10.5 Å². The fourth-order valence-electron chi connectivity index (χ4n) is 1.21. The highest BCUT2D eigenvalue weighted by atomic mass is 16.6. The van der Waals surface area contributed by atoms with Gasteiger partial charge >= 0.3 is 0 Å². The zero-order valence-corrected chi connectivity index (χ0v) is 9.87. The first kappa shape index (κ1) is 13.7.